The average Bonchev–Trinajstić information content (AvgIpc) is 3.45. The molecule has 1 amide bonds. The number of benzene rings is 1. The molecule has 2 saturated heterocycles. The first kappa shape index (κ1) is 30.1. The molecule has 4 heterocycles. The van der Waals surface area contributed by atoms with Gasteiger partial charge in [0, 0.05) is 45.3 Å². The number of carbonyl (C=O) groups is 3. The molecule has 43 heavy (non-hydrogen) atoms. The number of halogens is 3. The fourth-order valence-corrected chi connectivity index (χ4v) is 5.37. The second kappa shape index (κ2) is 12.4. The fraction of sp³-hybridized carbons (Fsp3) is 0.433. The third-order valence-corrected chi connectivity index (χ3v) is 7.60. The van der Waals surface area contributed by atoms with Crippen LogP contribution in [0.2, 0.25) is 0 Å². The number of amides is 1. The maximum absolute atomic E-state index is 13.7. The van der Waals surface area contributed by atoms with Gasteiger partial charge in [-0.3, -0.25) is 9.59 Å². The predicted octanol–water partition coefficient (Wildman–Crippen LogP) is 4.39. The summed E-state index contributed by atoms with van der Waals surface area (Å²) in [6.45, 7) is 4.37. The summed E-state index contributed by atoms with van der Waals surface area (Å²) in [6.07, 6.45) is -2.00. The number of aromatic nitrogens is 2. The lowest BCUT2D eigenvalue weighted by atomic mass is 10.0. The predicted molar refractivity (Wildman–Crippen MR) is 150 cm³/mol. The number of alkyl halides is 3. The molecule has 0 bridgehead atoms. The van der Waals surface area contributed by atoms with Crippen LogP contribution in [-0.4, -0.2) is 72.4 Å². The van der Waals surface area contributed by atoms with Crippen molar-refractivity contribution in [3.05, 3.63) is 70.7 Å². The van der Waals surface area contributed by atoms with Gasteiger partial charge in [-0.25, -0.2) is 9.78 Å². The molecule has 13 heteroatoms. The van der Waals surface area contributed by atoms with E-state index in [0.29, 0.717) is 49.7 Å². The van der Waals surface area contributed by atoms with Crippen LogP contribution in [0.3, 0.4) is 0 Å². The number of rotatable bonds is 8. The second-order valence-electron chi connectivity index (χ2n) is 10.9. The minimum Gasteiger partial charge on any atom is -0.465 e. The Kier molecular flexibility index (Phi) is 8.69. The normalized spacial score (nSPS) is 17.7. The summed E-state index contributed by atoms with van der Waals surface area (Å²) in [7, 11) is 1.31. The number of nitrogens with zero attached hydrogens (tertiary/aromatic N) is 5. The number of methoxy groups -OCH3 is 1. The van der Waals surface area contributed by atoms with Gasteiger partial charge in [-0.05, 0) is 48.1 Å². The number of Topliss-reactive ketones (excluding diaryl/α,β-unsaturated/α-hetero) is 1. The zero-order chi connectivity index (χ0) is 30.7. The van der Waals surface area contributed by atoms with Crippen LogP contribution in [0, 0.1) is 5.92 Å². The molecular weight excluding hydrogens is 567 g/mol. The lowest BCUT2D eigenvalue weighted by Crippen LogP contribution is -2.50. The van der Waals surface area contributed by atoms with Crippen LogP contribution in [-0.2, 0) is 28.7 Å². The molecule has 5 rings (SSSR count). The van der Waals surface area contributed by atoms with Gasteiger partial charge in [0.15, 0.2) is 5.69 Å². The van der Waals surface area contributed by atoms with Gasteiger partial charge in [0.05, 0.1) is 19.2 Å². The Morgan fingerprint density at radius 3 is 2.58 bits per heavy atom. The van der Waals surface area contributed by atoms with E-state index < -0.39 is 29.4 Å². The highest BCUT2D eigenvalue weighted by Crippen LogP contribution is 2.35. The van der Waals surface area contributed by atoms with Crippen molar-refractivity contribution in [3.8, 4) is 0 Å². The zero-order valence-electron chi connectivity index (χ0n) is 23.9. The van der Waals surface area contributed by atoms with E-state index in [1.807, 2.05) is 13.0 Å². The number of ether oxygens (including phenoxy) is 1. The molecule has 1 atom stereocenters. The highest BCUT2D eigenvalue weighted by Gasteiger charge is 2.42. The highest BCUT2D eigenvalue weighted by atomic mass is 19.4. The van der Waals surface area contributed by atoms with Gasteiger partial charge < -0.3 is 23.9 Å². The Hall–Kier alpha value is -4.42. The molecule has 2 aliphatic heterocycles. The van der Waals surface area contributed by atoms with Crippen molar-refractivity contribution in [3.63, 3.8) is 0 Å². The number of hydrogen-bond acceptors (Lipinski definition) is 9. The van der Waals surface area contributed by atoms with Gasteiger partial charge in [0.1, 0.15) is 5.82 Å². The Bertz CT molecular complexity index is 1490. The third-order valence-electron chi connectivity index (χ3n) is 7.60. The van der Waals surface area contributed by atoms with E-state index in [4.69, 9.17) is 9.15 Å². The molecule has 0 aliphatic carbocycles. The van der Waals surface area contributed by atoms with Crippen LogP contribution < -0.4 is 9.80 Å². The van der Waals surface area contributed by atoms with Crippen LogP contribution >= 0.6 is 0 Å². The smallest absolute Gasteiger partial charge is 0.437 e. The SMILES string of the molecule is COC(=O)c1cccc(CN2CCN(c3ccc(CC(=O)c4oc(N5CCCC(C)C5)nc4C(F)(F)F)cn3)CC2=O)c1. The number of piperidine rings is 1. The van der Waals surface area contributed by atoms with E-state index in [0.717, 1.165) is 18.4 Å². The first-order valence-corrected chi connectivity index (χ1v) is 14.0. The molecule has 2 aliphatic rings. The van der Waals surface area contributed by atoms with E-state index in [9.17, 15) is 27.6 Å². The van der Waals surface area contributed by atoms with Crippen molar-refractivity contribution in [1.82, 2.24) is 14.9 Å². The van der Waals surface area contributed by atoms with Crippen molar-refractivity contribution in [1.29, 1.82) is 0 Å². The molecule has 2 fully saturated rings. The number of ketones is 1. The number of hydrogen-bond donors (Lipinski definition) is 0. The monoisotopic (exact) mass is 599 g/mol. The van der Waals surface area contributed by atoms with Gasteiger partial charge in [-0.2, -0.15) is 18.2 Å². The minimum absolute atomic E-state index is 0.0763. The van der Waals surface area contributed by atoms with E-state index in [1.54, 1.807) is 45.0 Å². The summed E-state index contributed by atoms with van der Waals surface area (Å²) in [6, 6.07) is 9.96. The summed E-state index contributed by atoms with van der Waals surface area (Å²) < 4.78 is 51.4. The number of esters is 1. The van der Waals surface area contributed by atoms with Crippen LogP contribution in [0.25, 0.3) is 0 Å². The topological polar surface area (TPSA) is 109 Å². The largest absolute Gasteiger partial charge is 0.465 e. The number of piperazine rings is 1. The van der Waals surface area contributed by atoms with Crippen molar-refractivity contribution >= 4 is 29.5 Å². The first-order chi connectivity index (χ1) is 20.5. The Morgan fingerprint density at radius 2 is 1.91 bits per heavy atom. The summed E-state index contributed by atoms with van der Waals surface area (Å²) in [4.78, 5) is 50.8. The van der Waals surface area contributed by atoms with E-state index in [-0.39, 0.29) is 30.8 Å². The van der Waals surface area contributed by atoms with Gasteiger partial charge >= 0.3 is 12.1 Å². The quantitative estimate of drug-likeness (QED) is 0.275. The van der Waals surface area contributed by atoms with Crippen molar-refractivity contribution in [2.24, 2.45) is 5.92 Å². The average molecular weight is 600 g/mol. The third kappa shape index (κ3) is 6.98. The van der Waals surface area contributed by atoms with Crippen molar-refractivity contribution in [2.45, 2.75) is 38.9 Å². The number of pyridine rings is 1. The Morgan fingerprint density at radius 1 is 1.09 bits per heavy atom. The highest BCUT2D eigenvalue weighted by molar-refractivity contribution is 5.96. The maximum Gasteiger partial charge on any atom is 0.437 e. The molecular formula is C30H32F3N5O5. The Balaban J connectivity index is 1.21. The molecule has 0 N–H and O–H groups in total. The van der Waals surface area contributed by atoms with Crippen LogP contribution in [0.15, 0.2) is 47.0 Å². The first-order valence-electron chi connectivity index (χ1n) is 14.0. The van der Waals surface area contributed by atoms with Crippen LogP contribution in [0.5, 0.6) is 0 Å². The van der Waals surface area contributed by atoms with Crippen LogP contribution in [0.1, 0.15) is 57.5 Å². The molecule has 1 aromatic carbocycles. The molecule has 0 saturated carbocycles. The molecule has 2 aromatic heterocycles. The molecule has 3 aromatic rings. The lowest BCUT2D eigenvalue weighted by Gasteiger charge is -2.35. The number of carbonyl (C=O) groups excluding carboxylic acids is 3. The minimum atomic E-state index is -4.84. The summed E-state index contributed by atoms with van der Waals surface area (Å²) in [5.74, 6) is -1.43. The van der Waals surface area contributed by atoms with Crippen molar-refractivity contribution < 1.29 is 36.7 Å². The maximum atomic E-state index is 13.7. The Labute approximate surface area is 246 Å². The van der Waals surface area contributed by atoms with Gasteiger partial charge in [0.25, 0.3) is 6.01 Å². The molecule has 10 nitrogen and oxygen atoms in total. The standard InChI is InChI=1S/C30H32F3N5O5/c1-19-5-4-10-38(16-19)29-35-27(30(31,32)33)26(43-29)23(39)14-20-8-9-24(34-15-20)36-11-12-37(25(40)18-36)17-21-6-3-7-22(13-21)28(41)42-2/h3,6-9,13,15,19H,4-5,10-12,14,16-18H2,1-2H3. The van der Waals surface area contributed by atoms with Crippen LogP contribution in [0.4, 0.5) is 25.0 Å². The van der Waals surface area contributed by atoms with Gasteiger partial charge in [0.2, 0.25) is 17.5 Å². The van der Waals surface area contributed by atoms with E-state index in [2.05, 4.69) is 9.97 Å². The summed E-state index contributed by atoms with van der Waals surface area (Å²) in [5, 5.41) is 0. The zero-order valence-corrected chi connectivity index (χ0v) is 23.9. The molecule has 228 valence electrons. The molecule has 0 radical (unpaired) electrons. The summed E-state index contributed by atoms with van der Waals surface area (Å²) in [5.41, 5.74) is 0.296. The fourth-order valence-electron chi connectivity index (χ4n) is 5.37. The van der Waals surface area contributed by atoms with E-state index in [1.165, 1.54) is 13.3 Å². The molecule has 0 spiro atoms. The van der Waals surface area contributed by atoms with Gasteiger partial charge in [-0.15, -0.1) is 0 Å². The van der Waals surface area contributed by atoms with E-state index >= 15 is 0 Å². The number of oxazole rings is 1. The van der Waals surface area contributed by atoms with Crippen molar-refractivity contribution in [2.75, 3.05) is 49.6 Å². The summed E-state index contributed by atoms with van der Waals surface area (Å²) >= 11 is 0. The molecule has 1 unspecified atom stereocenters. The number of anilines is 2. The van der Waals surface area contributed by atoms with Gasteiger partial charge in [-0.1, -0.05) is 25.1 Å². The lowest BCUT2D eigenvalue weighted by molar-refractivity contribution is -0.141. The second-order valence-corrected chi connectivity index (χ2v) is 10.9.